The molecule has 0 aliphatic heterocycles. The van der Waals surface area contributed by atoms with Crippen LogP contribution in [0.2, 0.25) is 5.02 Å². The highest BCUT2D eigenvalue weighted by Gasteiger charge is 2.11. The van der Waals surface area contributed by atoms with Gasteiger partial charge in [-0.2, -0.15) is 0 Å². The standard InChI is InChI=1S/C17H21ClN2/c1-2-4-13-5-3-6-15(11-13)17(20-19)12-14-7-9-16(18)10-8-14/h3,5-11,17,20H,2,4,12,19H2,1H3. The van der Waals surface area contributed by atoms with Gasteiger partial charge in [0.1, 0.15) is 0 Å². The van der Waals surface area contributed by atoms with Gasteiger partial charge in [0.15, 0.2) is 0 Å². The SMILES string of the molecule is CCCc1cccc(C(Cc2ccc(Cl)cc2)NN)c1. The van der Waals surface area contributed by atoms with Crippen molar-refractivity contribution in [2.45, 2.75) is 32.2 Å². The molecule has 1 atom stereocenters. The van der Waals surface area contributed by atoms with Crippen LogP contribution < -0.4 is 11.3 Å². The van der Waals surface area contributed by atoms with E-state index in [0.717, 1.165) is 24.3 Å². The van der Waals surface area contributed by atoms with Crippen molar-refractivity contribution in [3.8, 4) is 0 Å². The second kappa shape index (κ2) is 7.44. The third-order valence-electron chi connectivity index (χ3n) is 3.45. The lowest BCUT2D eigenvalue weighted by Crippen LogP contribution is -2.29. The third kappa shape index (κ3) is 4.07. The number of nitrogens with one attached hydrogen (secondary N) is 1. The Morgan fingerprint density at radius 1 is 1.10 bits per heavy atom. The maximum absolute atomic E-state index is 5.91. The number of benzene rings is 2. The number of hydrogen-bond donors (Lipinski definition) is 2. The van der Waals surface area contributed by atoms with E-state index < -0.39 is 0 Å². The van der Waals surface area contributed by atoms with Crippen molar-refractivity contribution in [1.82, 2.24) is 5.43 Å². The van der Waals surface area contributed by atoms with E-state index in [1.807, 2.05) is 24.3 Å². The smallest absolute Gasteiger partial charge is 0.0500 e. The van der Waals surface area contributed by atoms with Gasteiger partial charge < -0.3 is 0 Å². The largest absolute Gasteiger partial charge is 0.271 e. The molecular formula is C17H21ClN2. The molecule has 2 aromatic carbocycles. The number of halogens is 1. The molecular weight excluding hydrogens is 268 g/mol. The van der Waals surface area contributed by atoms with Crippen LogP contribution in [0, 0.1) is 0 Å². The van der Waals surface area contributed by atoms with Crippen molar-refractivity contribution >= 4 is 11.6 Å². The monoisotopic (exact) mass is 288 g/mol. The Kier molecular flexibility index (Phi) is 5.60. The normalized spacial score (nSPS) is 12.3. The molecule has 0 aliphatic carbocycles. The second-order valence-electron chi connectivity index (χ2n) is 5.04. The van der Waals surface area contributed by atoms with E-state index in [9.17, 15) is 0 Å². The van der Waals surface area contributed by atoms with E-state index >= 15 is 0 Å². The number of rotatable bonds is 6. The second-order valence-corrected chi connectivity index (χ2v) is 5.48. The number of nitrogens with two attached hydrogens (primary N) is 1. The summed E-state index contributed by atoms with van der Waals surface area (Å²) in [6, 6.07) is 16.7. The topological polar surface area (TPSA) is 38.0 Å². The minimum atomic E-state index is 0.119. The molecule has 0 spiro atoms. The molecule has 2 rings (SSSR count). The van der Waals surface area contributed by atoms with Gasteiger partial charge in [-0.1, -0.05) is 61.3 Å². The minimum Gasteiger partial charge on any atom is -0.271 e. The lowest BCUT2D eigenvalue weighted by molar-refractivity contribution is 0.551. The van der Waals surface area contributed by atoms with Gasteiger partial charge in [0, 0.05) is 11.1 Å². The quantitative estimate of drug-likeness (QED) is 0.622. The Labute approximate surface area is 125 Å². The van der Waals surface area contributed by atoms with Gasteiger partial charge in [0.2, 0.25) is 0 Å². The molecule has 0 aromatic heterocycles. The van der Waals surface area contributed by atoms with Crippen LogP contribution in [0.5, 0.6) is 0 Å². The molecule has 0 saturated heterocycles. The summed E-state index contributed by atoms with van der Waals surface area (Å²) < 4.78 is 0. The molecule has 0 heterocycles. The molecule has 106 valence electrons. The molecule has 0 amide bonds. The van der Waals surface area contributed by atoms with E-state index in [2.05, 4.69) is 36.6 Å². The Balaban J connectivity index is 2.15. The molecule has 0 fully saturated rings. The third-order valence-corrected chi connectivity index (χ3v) is 3.70. The number of hydrazine groups is 1. The number of aryl methyl sites for hydroxylation is 1. The summed E-state index contributed by atoms with van der Waals surface area (Å²) in [6.45, 7) is 2.19. The predicted molar refractivity (Wildman–Crippen MR) is 85.7 cm³/mol. The Morgan fingerprint density at radius 2 is 1.85 bits per heavy atom. The van der Waals surface area contributed by atoms with Gasteiger partial charge in [0.25, 0.3) is 0 Å². The van der Waals surface area contributed by atoms with Crippen LogP contribution in [0.4, 0.5) is 0 Å². The van der Waals surface area contributed by atoms with E-state index in [0.29, 0.717) is 0 Å². The molecule has 0 aliphatic rings. The van der Waals surface area contributed by atoms with Gasteiger partial charge >= 0.3 is 0 Å². The fourth-order valence-electron chi connectivity index (χ4n) is 2.38. The first-order valence-electron chi connectivity index (χ1n) is 7.02. The van der Waals surface area contributed by atoms with Crippen molar-refractivity contribution < 1.29 is 0 Å². The van der Waals surface area contributed by atoms with E-state index in [1.54, 1.807) is 0 Å². The summed E-state index contributed by atoms with van der Waals surface area (Å²) in [4.78, 5) is 0. The maximum Gasteiger partial charge on any atom is 0.0500 e. The molecule has 0 bridgehead atoms. The van der Waals surface area contributed by atoms with E-state index in [1.165, 1.54) is 16.7 Å². The highest BCUT2D eigenvalue weighted by Crippen LogP contribution is 2.20. The fourth-order valence-corrected chi connectivity index (χ4v) is 2.51. The zero-order chi connectivity index (χ0) is 14.4. The predicted octanol–water partition coefficient (Wildman–Crippen LogP) is 4.04. The first kappa shape index (κ1) is 15.0. The van der Waals surface area contributed by atoms with Gasteiger partial charge in [0.05, 0.1) is 0 Å². The average Bonchev–Trinajstić information content (AvgIpc) is 2.47. The Hall–Kier alpha value is -1.35. The highest BCUT2D eigenvalue weighted by atomic mass is 35.5. The van der Waals surface area contributed by atoms with E-state index in [4.69, 9.17) is 17.4 Å². The molecule has 3 heteroatoms. The number of hydrogen-bond acceptors (Lipinski definition) is 2. The van der Waals surface area contributed by atoms with Crippen LogP contribution in [0.1, 0.15) is 36.1 Å². The van der Waals surface area contributed by atoms with Crippen LogP contribution in [-0.4, -0.2) is 0 Å². The lowest BCUT2D eigenvalue weighted by Gasteiger charge is -2.17. The van der Waals surface area contributed by atoms with Crippen molar-refractivity contribution in [3.63, 3.8) is 0 Å². The maximum atomic E-state index is 5.91. The van der Waals surface area contributed by atoms with Crippen molar-refractivity contribution in [1.29, 1.82) is 0 Å². The summed E-state index contributed by atoms with van der Waals surface area (Å²) in [5, 5.41) is 0.760. The summed E-state index contributed by atoms with van der Waals surface area (Å²) in [5.41, 5.74) is 6.73. The van der Waals surface area contributed by atoms with Gasteiger partial charge in [-0.3, -0.25) is 11.3 Å². The zero-order valence-corrected chi connectivity index (χ0v) is 12.5. The van der Waals surface area contributed by atoms with Crippen LogP contribution >= 0.6 is 11.6 Å². The summed E-state index contributed by atoms with van der Waals surface area (Å²) in [7, 11) is 0. The van der Waals surface area contributed by atoms with Crippen molar-refractivity contribution in [2.75, 3.05) is 0 Å². The molecule has 0 radical (unpaired) electrons. The minimum absolute atomic E-state index is 0.119. The molecule has 1 unspecified atom stereocenters. The van der Waals surface area contributed by atoms with Gasteiger partial charge in [-0.05, 0) is 41.7 Å². The van der Waals surface area contributed by atoms with Gasteiger partial charge in [-0.25, -0.2) is 0 Å². The first-order chi connectivity index (χ1) is 9.72. The zero-order valence-electron chi connectivity index (χ0n) is 11.8. The molecule has 0 saturated carbocycles. The molecule has 20 heavy (non-hydrogen) atoms. The lowest BCUT2D eigenvalue weighted by atomic mass is 9.97. The van der Waals surface area contributed by atoms with Crippen molar-refractivity contribution in [2.24, 2.45) is 5.84 Å². The average molecular weight is 289 g/mol. The summed E-state index contributed by atoms with van der Waals surface area (Å²) in [6.07, 6.45) is 3.11. The van der Waals surface area contributed by atoms with Crippen LogP contribution in [-0.2, 0) is 12.8 Å². The van der Waals surface area contributed by atoms with Crippen LogP contribution in [0.25, 0.3) is 0 Å². The van der Waals surface area contributed by atoms with Crippen LogP contribution in [0.15, 0.2) is 48.5 Å². The Bertz CT molecular complexity index is 537. The molecule has 2 aromatic rings. The summed E-state index contributed by atoms with van der Waals surface area (Å²) in [5.74, 6) is 5.73. The van der Waals surface area contributed by atoms with Crippen LogP contribution in [0.3, 0.4) is 0 Å². The molecule has 3 N–H and O–H groups in total. The first-order valence-corrected chi connectivity index (χ1v) is 7.40. The molecule has 2 nitrogen and oxygen atoms in total. The summed E-state index contributed by atoms with van der Waals surface area (Å²) >= 11 is 5.91. The fraction of sp³-hybridized carbons (Fsp3) is 0.294. The van der Waals surface area contributed by atoms with E-state index in [-0.39, 0.29) is 6.04 Å². The Morgan fingerprint density at radius 3 is 2.50 bits per heavy atom. The van der Waals surface area contributed by atoms with Crippen molar-refractivity contribution in [3.05, 3.63) is 70.2 Å². The van der Waals surface area contributed by atoms with Gasteiger partial charge in [-0.15, -0.1) is 0 Å². The highest BCUT2D eigenvalue weighted by molar-refractivity contribution is 6.30.